The summed E-state index contributed by atoms with van der Waals surface area (Å²) in [5, 5.41) is 26.9. The van der Waals surface area contributed by atoms with Crippen LogP contribution in [-0.4, -0.2) is 19.1 Å². The number of aromatic nitrogens is 1. The first-order valence-corrected chi connectivity index (χ1v) is 4.53. The predicted molar refractivity (Wildman–Crippen MR) is 60.6 cm³/mol. The SMILES string of the molecule is C[N+](C)(N)c1nc(N)c(C#N)c(C#N)c1C#N.[Cl-]. The molecule has 1 aromatic rings. The zero-order valence-electron chi connectivity index (χ0n) is 9.77. The molecular formula is C10H10ClN7. The molecular weight excluding hydrogens is 254 g/mol. The van der Waals surface area contributed by atoms with Crippen molar-refractivity contribution in [3.05, 3.63) is 16.7 Å². The van der Waals surface area contributed by atoms with Crippen molar-refractivity contribution < 1.29 is 12.4 Å². The Labute approximate surface area is 110 Å². The van der Waals surface area contributed by atoms with Crippen LogP contribution in [0, 0.1) is 34.0 Å². The standard InChI is InChI=1S/C10H10N7.ClH/c1-17(2,15)10-8(5-13)6(3-11)7(4-12)9(14)16-10;/h15H2,1-2H3,(H2,14,16);1H/q+1;/p-1. The van der Waals surface area contributed by atoms with Gasteiger partial charge in [0.25, 0.3) is 5.82 Å². The zero-order chi connectivity index (χ0) is 13.2. The van der Waals surface area contributed by atoms with Gasteiger partial charge in [0.2, 0.25) is 0 Å². The number of quaternary nitrogens is 1. The van der Waals surface area contributed by atoms with E-state index in [1.54, 1.807) is 26.2 Å². The monoisotopic (exact) mass is 263 g/mol. The van der Waals surface area contributed by atoms with E-state index in [4.69, 9.17) is 27.4 Å². The largest absolute Gasteiger partial charge is 1.00 e. The predicted octanol–water partition coefficient (Wildman–Crippen LogP) is -3.28. The highest BCUT2D eigenvalue weighted by Crippen LogP contribution is 2.27. The number of nitrogens with two attached hydrogens (primary N) is 2. The van der Waals surface area contributed by atoms with Gasteiger partial charge in [-0.05, 0) is 0 Å². The number of anilines is 1. The summed E-state index contributed by atoms with van der Waals surface area (Å²) in [6.45, 7) is 0. The molecule has 92 valence electrons. The van der Waals surface area contributed by atoms with Crippen molar-refractivity contribution in [3.8, 4) is 18.2 Å². The molecule has 1 aromatic heterocycles. The third-order valence-corrected chi connectivity index (χ3v) is 2.09. The van der Waals surface area contributed by atoms with E-state index < -0.39 is 0 Å². The lowest BCUT2D eigenvalue weighted by Crippen LogP contribution is -3.00. The van der Waals surface area contributed by atoms with Crippen LogP contribution < -0.4 is 28.6 Å². The first-order valence-electron chi connectivity index (χ1n) is 4.53. The van der Waals surface area contributed by atoms with Gasteiger partial charge in [-0.2, -0.15) is 26.6 Å². The van der Waals surface area contributed by atoms with E-state index in [1.807, 2.05) is 6.07 Å². The molecule has 0 saturated heterocycles. The molecule has 8 heteroatoms. The lowest BCUT2D eigenvalue weighted by Gasteiger charge is -2.22. The Hall–Kier alpha value is -2.37. The van der Waals surface area contributed by atoms with Crippen LogP contribution in [0.4, 0.5) is 11.6 Å². The fraction of sp³-hybridized carbons (Fsp3) is 0.200. The molecule has 0 aliphatic carbocycles. The summed E-state index contributed by atoms with van der Waals surface area (Å²) >= 11 is 0. The maximum absolute atomic E-state index is 9.05. The second-order valence-corrected chi connectivity index (χ2v) is 3.82. The van der Waals surface area contributed by atoms with Crippen LogP contribution in [0.5, 0.6) is 0 Å². The topological polar surface area (TPSA) is 136 Å². The Kier molecular flexibility index (Phi) is 4.61. The molecule has 4 N–H and O–H groups in total. The number of hydrogen-bond acceptors (Lipinski definition) is 6. The van der Waals surface area contributed by atoms with Crippen LogP contribution in [0.1, 0.15) is 16.7 Å². The number of nitrogen functional groups attached to an aromatic ring is 1. The molecule has 0 spiro atoms. The molecule has 0 amide bonds. The first kappa shape index (κ1) is 15.6. The third-order valence-electron chi connectivity index (χ3n) is 2.09. The van der Waals surface area contributed by atoms with Gasteiger partial charge >= 0.3 is 0 Å². The van der Waals surface area contributed by atoms with Gasteiger partial charge in [-0.25, -0.2) is 4.59 Å². The van der Waals surface area contributed by atoms with Gasteiger partial charge < -0.3 is 18.1 Å². The van der Waals surface area contributed by atoms with Crippen LogP contribution >= 0.6 is 0 Å². The molecule has 0 unspecified atom stereocenters. The van der Waals surface area contributed by atoms with Crippen LogP contribution in [0.2, 0.25) is 0 Å². The van der Waals surface area contributed by atoms with Crippen molar-refractivity contribution in [1.29, 1.82) is 15.8 Å². The molecule has 0 radical (unpaired) electrons. The first-order chi connectivity index (χ1) is 7.86. The van der Waals surface area contributed by atoms with E-state index in [1.165, 1.54) is 0 Å². The molecule has 0 atom stereocenters. The fourth-order valence-corrected chi connectivity index (χ4v) is 1.34. The Morgan fingerprint density at radius 1 is 1.00 bits per heavy atom. The Bertz CT molecular complexity index is 595. The highest BCUT2D eigenvalue weighted by Gasteiger charge is 2.28. The maximum atomic E-state index is 9.05. The molecule has 1 heterocycles. The Balaban J connectivity index is 0.00000289. The van der Waals surface area contributed by atoms with Gasteiger partial charge in [0.15, 0.2) is 5.56 Å². The lowest BCUT2D eigenvalue weighted by atomic mass is 10.0. The molecule has 1 rings (SSSR count). The number of halogens is 1. The van der Waals surface area contributed by atoms with Crippen LogP contribution in [-0.2, 0) is 0 Å². The number of nitriles is 3. The maximum Gasteiger partial charge on any atom is 0.268 e. The molecule has 18 heavy (non-hydrogen) atoms. The van der Waals surface area contributed by atoms with Crippen LogP contribution in [0.15, 0.2) is 0 Å². The van der Waals surface area contributed by atoms with E-state index in [0.717, 1.165) is 0 Å². The van der Waals surface area contributed by atoms with Crippen LogP contribution in [0.3, 0.4) is 0 Å². The van der Waals surface area contributed by atoms with Gasteiger partial charge in [0, 0.05) is 0 Å². The van der Waals surface area contributed by atoms with E-state index in [0.29, 0.717) is 0 Å². The number of pyridine rings is 1. The number of nitrogens with zero attached hydrogens (tertiary/aromatic N) is 5. The van der Waals surface area contributed by atoms with Crippen molar-refractivity contribution in [2.45, 2.75) is 0 Å². The number of rotatable bonds is 1. The van der Waals surface area contributed by atoms with Crippen molar-refractivity contribution >= 4 is 11.6 Å². The molecule has 0 aliphatic heterocycles. The minimum Gasteiger partial charge on any atom is -1.00 e. The molecule has 0 fully saturated rings. The van der Waals surface area contributed by atoms with E-state index >= 15 is 0 Å². The normalized spacial score (nSPS) is 9.56. The van der Waals surface area contributed by atoms with E-state index in [2.05, 4.69) is 4.98 Å². The van der Waals surface area contributed by atoms with Gasteiger partial charge in [-0.1, -0.05) is 0 Å². The summed E-state index contributed by atoms with van der Waals surface area (Å²) in [7, 11) is 3.16. The van der Waals surface area contributed by atoms with Gasteiger partial charge in [-0.15, -0.1) is 0 Å². The molecule has 0 aliphatic rings. The van der Waals surface area contributed by atoms with Gasteiger partial charge in [0.05, 0.1) is 19.7 Å². The highest BCUT2D eigenvalue weighted by atomic mass is 35.5. The molecule has 0 bridgehead atoms. The van der Waals surface area contributed by atoms with Crippen LogP contribution in [0.25, 0.3) is 0 Å². The zero-order valence-corrected chi connectivity index (χ0v) is 10.5. The summed E-state index contributed by atoms with van der Waals surface area (Å²) in [4.78, 5) is 3.92. The average Bonchev–Trinajstić information content (AvgIpc) is 2.26. The molecule has 0 saturated carbocycles. The van der Waals surface area contributed by atoms with Crippen molar-refractivity contribution in [2.24, 2.45) is 5.84 Å². The summed E-state index contributed by atoms with van der Waals surface area (Å²) in [6.07, 6.45) is 0. The minimum absolute atomic E-state index is 0. The highest BCUT2D eigenvalue weighted by molar-refractivity contribution is 5.70. The quantitative estimate of drug-likeness (QED) is 0.310. The van der Waals surface area contributed by atoms with Crippen molar-refractivity contribution in [2.75, 3.05) is 19.8 Å². The minimum atomic E-state index is -0.256. The van der Waals surface area contributed by atoms with E-state index in [9.17, 15) is 0 Å². The van der Waals surface area contributed by atoms with Gasteiger partial charge in [0.1, 0.15) is 29.6 Å². The van der Waals surface area contributed by atoms with Crippen molar-refractivity contribution in [3.63, 3.8) is 0 Å². The van der Waals surface area contributed by atoms with Gasteiger partial charge in [-0.3, -0.25) is 0 Å². The Morgan fingerprint density at radius 3 is 1.78 bits per heavy atom. The van der Waals surface area contributed by atoms with Crippen molar-refractivity contribution in [1.82, 2.24) is 9.58 Å². The second-order valence-electron chi connectivity index (χ2n) is 3.82. The molecule has 7 nitrogen and oxygen atoms in total. The summed E-state index contributed by atoms with van der Waals surface area (Å²) in [5.74, 6) is 5.84. The number of hydrogen-bond donors (Lipinski definition) is 2. The Morgan fingerprint density at radius 2 is 1.44 bits per heavy atom. The third kappa shape index (κ3) is 2.48. The summed E-state index contributed by atoms with van der Waals surface area (Å²) in [5.41, 5.74) is 5.36. The average molecular weight is 264 g/mol. The molecule has 0 aromatic carbocycles. The summed E-state index contributed by atoms with van der Waals surface area (Å²) in [6, 6.07) is 5.38. The van der Waals surface area contributed by atoms with E-state index in [-0.39, 0.29) is 45.3 Å². The lowest BCUT2D eigenvalue weighted by molar-refractivity contribution is -0.00000472. The fourth-order valence-electron chi connectivity index (χ4n) is 1.34. The second kappa shape index (κ2) is 5.31. The smallest absolute Gasteiger partial charge is 0.268 e. The summed E-state index contributed by atoms with van der Waals surface area (Å²) < 4.78 is -0.256.